The summed E-state index contributed by atoms with van der Waals surface area (Å²) in [6.45, 7) is -0.434. The zero-order valence-electron chi connectivity index (χ0n) is 13.0. The molecule has 2 aromatic carbocycles. The first-order chi connectivity index (χ1) is 12.3. The number of carbonyl (C=O) groups is 2. The fourth-order valence-electron chi connectivity index (χ4n) is 1.89. The summed E-state index contributed by atoms with van der Waals surface area (Å²) < 4.78 is 9.94. The van der Waals surface area contributed by atoms with Crippen LogP contribution in [0.15, 0.2) is 24.3 Å². The molecule has 10 heteroatoms. The molecule has 0 aliphatic heterocycles. The average molecular weight is 458 g/mol. The highest BCUT2D eigenvalue weighted by Gasteiger charge is 2.21. The van der Waals surface area contributed by atoms with Crippen molar-refractivity contribution in [3.05, 3.63) is 54.9 Å². The number of nitrogens with one attached hydrogen (secondary N) is 1. The van der Waals surface area contributed by atoms with Gasteiger partial charge in [-0.05, 0) is 18.2 Å². The minimum absolute atomic E-state index is 0.0141. The molecule has 0 heterocycles. The van der Waals surface area contributed by atoms with Crippen molar-refractivity contribution in [3.8, 4) is 5.75 Å². The number of hydrogen-bond donors (Lipinski definition) is 1. The SMILES string of the molecule is COC(=O)c1cccc(NC(=O)COc2c(Cl)c(Cl)c(Cl)c(Cl)c2Cl)c1. The van der Waals surface area contributed by atoms with E-state index in [1.807, 2.05) is 0 Å². The van der Waals surface area contributed by atoms with Gasteiger partial charge in [0, 0.05) is 5.69 Å². The highest BCUT2D eigenvalue weighted by atomic mass is 35.5. The second-order valence-electron chi connectivity index (χ2n) is 4.81. The third-order valence-corrected chi connectivity index (χ3v) is 5.33. The molecule has 0 aliphatic rings. The Balaban J connectivity index is 2.10. The van der Waals surface area contributed by atoms with Gasteiger partial charge in [-0.15, -0.1) is 0 Å². The summed E-state index contributed by atoms with van der Waals surface area (Å²) in [5.41, 5.74) is 0.666. The molecule has 1 amide bonds. The summed E-state index contributed by atoms with van der Waals surface area (Å²) in [4.78, 5) is 23.6. The summed E-state index contributed by atoms with van der Waals surface area (Å²) >= 11 is 29.8. The van der Waals surface area contributed by atoms with Crippen molar-refractivity contribution in [2.45, 2.75) is 0 Å². The van der Waals surface area contributed by atoms with Crippen LogP contribution in [0.3, 0.4) is 0 Å². The molecule has 0 radical (unpaired) electrons. The van der Waals surface area contributed by atoms with E-state index in [-0.39, 0.29) is 36.4 Å². The molecule has 0 atom stereocenters. The number of rotatable bonds is 5. The molecular formula is C16H10Cl5NO4. The number of anilines is 1. The van der Waals surface area contributed by atoms with Crippen molar-refractivity contribution < 1.29 is 19.1 Å². The van der Waals surface area contributed by atoms with Gasteiger partial charge in [0.15, 0.2) is 12.4 Å². The van der Waals surface area contributed by atoms with Crippen LogP contribution in [-0.4, -0.2) is 25.6 Å². The van der Waals surface area contributed by atoms with E-state index in [9.17, 15) is 9.59 Å². The van der Waals surface area contributed by atoms with Crippen molar-refractivity contribution in [3.63, 3.8) is 0 Å². The van der Waals surface area contributed by atoms with E-state index >= 15 is 0 Å². The summed E-state index contributed by atoms with van der Waals surface area (Å²) in [5.74, 6) is -1.12. The largest absolute Gasteiger partial charge is 0.481 e. The Morgan fingerprint density at radius 1 is 0.962 bits per heavy atom. The summed E-state index contributed by atoms with van der Waals surface area (Å²) in [5, 5.41) is 2.34. The molecule has 1 N–H and O–H groups in total. The second-order valence-corrected chi connectivity index (χ2v) is 6.70. The molecule has 0 spiro atoms. The van der Waals surface area contributed by atoms with Crippen LogP contribution in [0.4, 0.5) is 5.69 Å². The quantitative estimate of drug-likeness (QED) is 0.352. The number of carbonyl (C=O) groups excluding carboxylic acids is 2. The van der Waals surface area contributed by atoms with Crippen LogP contribution >= 0.6 is 58.0 Å². The molecule has 0 fully saturated rings. The van der Waals surface area contributed by atoms with Gasteiger partial charge in [0.2, 0.25) is 0 Å². The van der Waals surface area contributed by atoms with Gasteiger partial charge in [-0.1, -0.05) is 64.1 Å². The normalized spacial score (nSPS) is 10.4. The van der Waals surface area contributed by atoms with Crippen molar-refractivity contribution in [1.82, 2.24) is 0 Å². The molecule has 0 bridgehead atoms. The smallest absolute Gasteiger partial charge is 0.337 e. The lowest BCUT2D eigenvalue weighted by Gasteiger charge is -2.13. The van der Waals surface area contributed by atoms with E-state index in [0.717, 1.165) is 0 Å². The van der Waals surface area contributed by atoms with Crippen LogP contribution in [0.25, 0.3) is 0 Å². The first-order valence-corrected chi connectivity index (χ1v) is 8.77. The predicted molar refractivity (Wildman–Crippen MR) is 103 cm³/mol. The number of amides is 1. The van der Waals surface area contributed by atoms with Gasteiger partial charge in [-0.3, -0.25) is 4.79 Å². The van der Waals surface area contributed by atoms with Crippen LogP contribution in [0.2, 0.25) is 25.1 Å². The third kappa shape index (κ3) is 4.67. The Hall–Kier alpha value is -1.37. The van der Waals surface area contributed by atoms with Crippen LogP contribution in [0.5, 0.6) is 5.75 Å². The van der Waals surface area contributed by atoms with Crippen LogP contribution < -0.4 is 10.1 Å². The van der Waals surface area contributed by atoms with Crippen LogP contribution in [0, 0.1) is 0 Å². The number of esters is 1. The van der Waals surface area contributed by atoms with Gasteiger partial charge in [0.05, 0.1) is 27.7 Å². The summed E-state index contributed by atoms with van der Waals surface area (Å²) in [6, 6.07) is 6.20. The topological polar surface area (TPSA) is 64.6 Å². The van der Waals surface area contributed by atoms with E-state index in [0.29, 0.717) is 5.69 Å². The van der Waals surface area contributed by atoms with E-state index in [1.54, 1.807) is 18.2 Å². The number of halogens is 5. The van der Waals surface area contributed by atoms with E-state index < -0.39 is 18.5 Å². The van der Waals surface area contributed by atoms with Gasteiger partial charge in [0.25, 0.3) is 5.91 Å². The minimum Gasteiger partial charge on any atom is -0.481 e. The summed E-state index contributed by atoms with van der Waals surface area (Å²) in [7, 11) is 1.26. The standard InChI is InChI=1S/C16H10Cl5NO4/c1-25-16(24)7-3-2-4-8(5-7)22-9(23)6-26-15-13(20)11(18)10(17)12(19)14(15)21/h2-5H,6H2,1H3,(H,22,23). The highest BCUT2D eigenvalue weighted by Crippen LogP contribution is 2.48. The van der Waals surface area contributed by atoms with Gasteiger partial charge >= 0.3 is 5.97 Å². The molecule has 2 aromatic rings. The first-order valence-electron chi connectivity index (χ1n) is 6.88. The summed E-state index contributed by atoms with van der Waals surface area (Å²) in [6.07, 6.45) is 0. The van der Waals surface area contributed by atoms with Gasteiger partial charge in [-0.2, -0.15) is 0 Å². The van der Waals surface area contributed by atoms with E-state index in [4.69, 9.17) is 62.7 Å². The van der Waals surface area contributed by atoms with Crippen molar-refractivity contribution >= 4 is 75.6 Å². The van der Waals surface area contributed by atoms with Gasteiger partial charge < -0.3 is 14.8 Å². The zero-order chi connectivity index (χ0) is 19.4. The molecule has 138 valence electrons. The maximum Gasteiger partial charge on any atom is 0.337 e. The van der Waals surface area contributed by atoms with Gasteiger partial charge in [0.1, 0.15) is 10.0 Å². The molecule has 2 rings (SSSR count). The van der Waals surface area contributed by atoms with Crippen LogP contribution in [0.1, 0.15) is 10.4 Å². The monoisotopic (exact) mass is 455 g/mol. The minimum atomic E-state index is -0.527. The average Bonchev–Trinajstić information content (AvgIpc) is 2.64. The molecule has 0 saturated heterocycles. The number of benzene rings is 2. The fraction of sp³-hybridized carbons (Fsp3) is 0.125. The Labute approximate surface area is 174 Å². The number of hydrogen-bond acceptors (Lipinski definition) is 4. The molecular weight excluding hydrogens is 447 g/mol. The Morgan fingerprint density at radius 3 is 2.12 bits per heavy atom. The maximum atomic E-state index is 12.1. The molecule has 26 heavy (non-hydrogen) atoms. The van der Waals surface area contributed by atoms with Crippen molar-refractivity contribution in [1.29, 1.82) is 0 Å². The first kappa shape index (κ1) is 20.9. The molecule has 0 unspecified atom stereocenters. The van der Waals surface area contributed by atoms with Crippen molar-refractivity contribution in [2.24, 2.45) is 0 Å². The Morgan fingerprint density at radius 2 is 1.54 bits per heavy atom. The van der Waals surface area contributed by atoms with Crippen molar-refractivity contribution in [2.75, 3.05) is 19.0 Å². The lowest BCUT2D eigenvalue weighted by molar-refractivity contribution is -0.118. The second kappa shape index (κ2) is 9.02. The molecule has 0 saturated carbocycles. The van der Waals surface area contributed by atoms with Gasteiger partial charge in [-0.25, -0.2) is 4.79 Å². The molecule has 0 aromatic heterocycles. The van der Waals surface area contributed by atoms with Crippen LogP contribution in [-0.2, 0) is 9.53 Å². The molecule has 5 nitrogen and oxygen atoms in total. The lowest BCUT2D eigenvalue weighted by Crippen LogP contribution is -2.20. The fourth-order valence-corrected chi connectivity index (χ4v) is 3.12. The predicted octanol–water partition coefficient (Wildman–Crippen LogP) is 5.76. The number of methoxy groups -OCH3 is 1. The Bertz CT molecular complexity index is 843. The maximum absolute atomic E-state index is 12.1. The Kier molecular flexibility index (Phi) is 7.26. The zero-order valence-corrected chi connectivity index (χ0v) is 16.8. The van der Waals surface area contributed by atoms with E-state index in [1.165, 1.54) is 13.2 Å². The highest BCUT2D eigenvalue weighted by molar-refractivity contribution is 6.55. The third-order valence-electron chi connectivity index (χ3n) is 3.08. The molecule has 0 aliphatic carbocycles. The lowest BCUT2D eigenvalue weighted by atomic mass is 10.2. The number of ether oxygens (including phenoxy) is 2. The van der Waals surface area contributed by atoms with E-state index in [2.05, 4.69) is 10.1 Å².